The van der Waals surface area contributed by atoms with Crippen molar-refractivity contribution in [3.05, 3.63) is 40.2 Å². The van der Waals surface area contributed by atoms with Crippen molar-refractivity contribution < 1.29 is 4.42 Å². The lowest BCUT2D eigenvalue weighted by Crippen LogP contribution is -1.95. The first-order valence-corrected chi connectivity index (χ1v) is 6.35. The van der Waals surface area contributed by atoms with Gasteiger partial charge in [-0.25, -0.2) is 4.98 Å². The molecule has 0 spiro atoms. The molecule has 18 heavy (non-hydrogen) atoms. The minimum Gasteiger partial charge on any atom is -0.462 e. The number of hydrogen-bond donors (Lipinski definition) is 1. The molecule has 0 aliphatic carbocycles. The van der Waals surface area contributed by atoms with Crippen LogP contribution in [0.25, 0.3) is 17.1 Å². The standard InChI is InChI=1S/C13H12BrN3O/c1-7-3-4-18-12(7)11-13(15)17-6-9(14)8(2)5-10(17)16-11/h3-6H,15H2,1-2H3. The number of pyridine rings is 1. The van der Waals surface area contributed by atoms with Crippen molar-refractivity contribution in [1.29, 1.82) is 0 Å². The average molecular weight is 306 g/mol. The van der Waals surface area contributed by atoms with Crippen LogP contribution in [0.5, 0.6) is 0 Å². The molecule has 0 saturated heterocycles. The molecule has 2 N–H and O–H groups in total. The van der Waals surface area contributed by atoms with Gasteiger partial charge in [-0.1, -0.05) is 0 Å². The Morgan fingerprint density at radius 2 is 2.11 bits per heavy atom. The normalized spacial score (nSPS) is 11.3. The molecule has 0 aromatic carbocycles. The highest BCUT2D eigenvalue weighted by Crippen LogP contribution is 2.31. The average Bonchev–Trinajstić information content (AvgIpc) is 2.86. The number of imidazole rings is 1. The Hall–Kier alpha value is -1.75. The molecular weight excluding hydrogens is 294 g/mol. The van der Waals surface area contributed by atoms with Crippen molar-refractivity contribution in [3.8, 4) is 11.5 Å². The number of rotatable bonds is 1. The maximum atomic E-state index is 6.14. The molecule has 0 aliphatic heterocycles. The van der Waals surface area contributed by atoms with Gasteiger partial charge in [0, 0.05) is 10.7 Å². The van der Waals surface area contributed by atoms with Crippen LogP contribution in [0.3, 0.4) is 0 Å². The van der Waals surface area contributed by atoms with E-state index in [1.165, 1.54) is 0 Å². The van der Waals surface area contributed by atoms with Gasteiger partial charge < -0.3 is 10.2 Å². The number of hydrogen-bond acceptors (Lipinski definition) is 3. The fourth-order valence-corrected chi connectivity index (χ4v) is 2.28. The third kappa shape index (κ3) is 1.54. The fourth-order valence-electron chi connectivity index (χ4n) is 1.96. The van der Waals surface area contributed by atoms with Gasteiger partial charge in [-0.05, 0) is 53.0 Å². The maximum absolute atomic E-state index is 6.14. The van der Waals surface area contributed by atoms with Crippen LogP contribution in [-0.2, 0) is 0 Å². The van der Waals surface area contributed by atoms with Gasteiger partial charge in [0.25, 0.3) is 0 Å². The van der Waals surface area contributed by atoms with Crippen LogP contribution in [0.1, 0.15) is 11.1 Å². The van der Waals surface area contributed by atoms with Gasteiger partial charge in [-0.3, -0.25) is 4.40 Å². The van der Waals surface area contributed by atoms with E-state index in [0.29, 0.717) is 11.5 Å². The first-order valence-electron chi connectivity index (χ1n) is 5.56. The summed E-state index contributed by atoms with van der Waals surface area (Å²) in [6.45, 7) is 4.00. The first kappa shape index (κ1) is 11.3. The summed E-state index contributed by atoms with van der Waals surface area (Å²) < 4.78 is 8.31. The van der Waals surface area contributed by atoms with E-state index in [1.54, 1.807) is 6.26 Å². The highest BCUT2D eigenvalue weighted by atomic mass is 79.9. The Morgan fingerprint density at radius 1 is 1.33 bits per heavy atom. The molecule has 0 aliphatic rings. The van der Waals surface area contributed by atoms with Crippen LogP contribution in [0.2, 0.25) is 0 Å². The predicted molar refractivity (Wildman–Crippen MR) is 74.5 cm³/mol. The molecule has 0 atom stereocenters. The van der Waals surface area contributed by atoms with E-state index < -0.39 is 0 Å². The third-order valence-electron chi connectivity index (χ3n) is 3.02. The van der Waals surface area contributed by atoms with E-state index in [4.69, 9.17) is 10.2 Å². The van der Waals surface area contributed by atoms with Crippen LogP contribution in [0.4, 0.5) is 5.82 Å². The number of nitrogen functional groups attached to an aromatic ring is 1. The van der Waals surface area contributed by atoms with Gasteiger partial charge in [0.2, 0.25) is 0 Å². The fraction of sp³-hybridized carbons (Fsp3) is 0.154. The van der Waals surface area contributed by atoms with Crippen molar-refractivity contribution in [3.63, 3.8) is 0 Å². The molecule has 3 aromatic rings. The second-order valence-electron chi connectivity index (χ2n) is 4.31. The van der Waals surface area contributed by atoms with E-state index in [9.17, 15) is 0 Å². The van der Waals surface area contributed by atoms with Crippen molar-refractivity contribution in [2.24, 2.45) is 0 Å². The summed E-state index contributed by atoms with van der Waals surface area (Å²) in [6.07, 6.45) is 3.57. The quantitative estimate of drug-likeness (QED) is 0.748. The minimum atomic E-state index is 0.587. The highest BCUT2D eigenvalue weighted by molar-refractivity contribution is 9.10. The summed E-state index contributed by atoms with van der Waals surface area (Å²) in [5.74, 6) is 1.31. The summed E-state index contributed by atoms with van der Waals surface area (Å²) in [5, 5.41) is 0. The molecule has 3 heterocycles. The summed E-state index contributed by atoms with van der Waals surface area (Å²) in [6, 6.07) is 3.89. The molecular formula is C13H12BrN3O. The lowest BCUT2D eigenvalue weighted by Gasteiger charge is -2.01. The molecule has 0 unspecified atom stereocenters. The van der Waals surface area contributed by atoms with E-state index >= 15 is 0 Å². The minimum absolute atomic E-state index is 0.587. The molecule has 0 bridgehead atoms. The number of fused-ring (bicyclic) bond motifs is 1. The largest absolute Gasteiger partial charge is 0.462 e. The van der Waals surface area contributed by atoms with Gasteiger partial charge >= 0.3 is 0 Å². The third-order valence-corrected chi connectivity index (χ3v) is 3.85. The Morgan fingerprint density at radius 3 is 2.78 bits per heavy atom. The van der Waals surface area contributed by atoms with Gasteiger partial charge in [-0.2, -0.15) is 0 Å². The number of nitrogens with zero attached hydrogens (tertiary/aromatic N) is 2. The van der Waals surface area contributed by atoms with Crippen molar-refractivity contribution in [2.75, 3.05) is 5.73 Å². The first-order chi connectivity index (χ1) is 8.58. The maximum Gasteiger partial charge on any atom is 0.158 e. The molecule has 92 valence electrons. The Labute approximate surface area is 113 Å². The second kappa shape index (κ2) is 3.88. The van der Waals surface area contributed by atoms with Crippen LogP contribution < -0.4 is 5.73 Å². The van der Waals surface area contributed by atoms with E-state index in [0.717, 1.165) is 27.0 Å². The lowest BCUT2D eigenvalue weighted by atomic mass is 10.2. The zero-order chi connectivity index (χ0) is 12.9. The Bertz CT molecular complexity index is 742. The van der Waals surface area contributed by atoms with Crippen molar-refractivity contribution in [1.82, 2.24) is 9.38 Å². The number of furan rings is 1. The highest BCUT2D eigenvalue weighted by Gasteiger charge is 2.16. The summed E-state index contributed by atoms with van der Waals surface area (Å²) in [4.78, 5) is 4.54. The van der Waals surface area contributed by atoms with Gasteiger partial charge in [0.1, 0.15) is 17.2 Å². The number of aromatic nitrogens is 2. The molecule has 3 aromatic heterocycles. The molecule has 5 heteroatoms. The summed E-state index contributed by atoms with van der Waals surface area (Å²) in [5.41, 5.74) is 9.80. The van der Waals surface area contributed by atoms with Crippen LogP contribution in [-0.4, -0.2) is 9.38 Å². The van der Waals surface area contributed by atoms with Crippen LogP contribution in [0.15, 0.2) is 33.5 Å². The molecule has 0 radical (unpaired) electrons. The second-order valence-corrected chi connectivity index (χ2v) is 5.17. The lowest BCUT2D eigenvalue weighted by molar-refractivity contribution is 0.579. The van der Waals surface area contributed by atoms with E-state index in [-0.39, 0.29) is 0 Å². The molecule has 0 amide bonds. The number of nitrogens with two attached hydrogens (primary N) is 1. The smallest absolute Gasteiger partial charge is 0.158 e. The molecule has 0 fully saturated rings. The summed E-state index contributed by atoms with van der Waals surface area (Å²) in [7, 11) is 0. The monoisotopic (exact) mass is 305 g/mol. The topological polar surface area (TPSA) is 56.5 Å². The van der Waals surface area contributed by atoms with Crippen molar-refractivity contribution in [2.45, 2.75) is 13.8 Å². The zero-order valence-corrected chi connectivity index (χ0v) is 11.7. The van der Waals surface area contributed by atoms with Gasteiger partial charge in [0.05, 0.1) is 6.26 Å². The number of halogens is 1. The van der Waals surface area contributed by atoms with E-state index in [2.05, 4.69) is 20.9 Å². The Balaban J connectivity index is 2.33. The SMILES string of the molecule is Cc1cc2nc(-c3occc3C)c(N)n2cc1Br. The zero-order valence-electron chi connectivity index (χ0n) is 10.1. The van der Waals surface area contributed by atoms with Crippen molar-refractivity contribution >= 4 is 27.4 Å². The Kier molecular flexibility index (Phi) is 2.45. The number of aryl methyl sites for hydroxylation is 2. The molecule has 4 nitrogen and oxygen atoms in total. The van der Waals surface area contributed by atoms with Crippen LogP contribution >= 0.6 is 15.9 Å². The van der Waals surface area contributed by atoms with Crippen LogP contribution in [0, 0.1) is 13.8 Å². The molecule has 0 saturated carbocycles. The van der Waals surface area contributed by atoms with E-state index in [1.807, 2.05) is 36.6 Å². The molecule has 3 rings (SSSR count). The number of anilines is 1. The predicted octanol–water partition coefficient (Wildman–Crippen LogP) is 3.56. The van der Waals surface area contributed by atoms with Gasteiger partial charge in [-0.15, -0.1) is 0 Å². The summed E-state index contributed by atoms with van der Waals surface area (Å²) >= 11 is 3.50. The van der Waals surface area contributed by atoms with Gasteiger partial charge in [0.15, 0.2) is 5.76 Å².